The summed E-state index contributed by atoms with van der Waals surface area (Å²) in [5.41, 5.74) is 3.26. The Morgan fingerprint density at radius 2 is 1.77 bits per heavy atom. The van der Waals surface area contributed by atoms with Crippen LogP contribution in [0.25, 0.3) is 6.08 Å². The van der Waals surface area contributed by atoms with Crippen LogP contribution in [0.2, 0.25) is 0 Å². The topological polar surface area (TPSA) is 57.4 Å². The number of nitrogens with one attached hydrogen (secondary N) is 2. The van der Waals surface area contributed by atoms with Gasteiger partial charge in [-0.2, -0.15) is 0 Å². The molecule has 0 atom stereocenters. The van der Waals surface area contributed by atoms with E-state index >= 15 is 0 Å². The van der Waals surface area contributed by atoms with E-state index in [1.165, 1.54) is 24.3 Å². The van der Waals surface area contributed by atoms with Gasteiger partial charge in [-0.25, -0.2) is 0 Å². The zero-order valence-corrected chi connectivity index (χ0v) is 16.2. The van der Waals surface area contributed by atoms with E-state index in [9.17, 15) is 18.0 Å². The molecule has 0 aliphatic carbocycles. The van der Waals surface area contributed by atoms with E-state index in [4.69, 9.17) is 0 Å². The fraction of sp³-hybridized carbons (Fsp3) is 0.0870. The second-order valence-electron chi connectivity index (χ2n) is 6.86. The van der Waals surface area contributed by atoms with Crippen molar-refractivity contribution in [3.05, 3.63) is 95.8 Å². The molecule has 0 saturated carbocycles. The van der Waals surface area contributed by atoms with Crippen molar-refractivity contribution in [1.29, 1.82) is 0 Å². The number of aromatic amines is 1. The van der Waals surface area contributed by atoms with Gasteiger partial charge in [0.15, 0.2) is 0 Å². The highest BCUT2D eigenvalue weighted by Crippen LogP contribution is 2.37. The van der Waals surface area contributed by atoms with Crippen LogP contribution in [0.4, 0.5) is 24.7 Å². The van der Waals surface area contributed by atoms with Crippen LogP contribution < -0.4 is 15.0 Å². The smallest absolute Gasteiger partial charge is 0.406 e. The fourth-order valence-electron chi connectivity index (χ4n) is 3.26. The van der Waals surface area contributed by atoms with Gasteiger partial charge in [0, 0.05) is 23.5 Å². The first-order valence-corrected chi connectivity index (χ1v) is 9.38. The summed E-state index contributed by atoms with van der Waals surface area (Å²) in [6.07, 6.45) is -1.17. The average Bonchev–Trinajstić information content (AvgIpc) is 3.17. The monoisotopic (exact) mass is 425 g/mol. The summed E-state index contributed by atoms with van der Waals surface area (Å²) >= 11 is 0. The number of carbonyl (C=O) groups excluding carboxylic acids is 1. The van der Waals surface area contributed by atoms with Crippen molar-refractivity contribution < 1.29 is 22.7 Å². The normalized spacial score (nSPS) is 13.1. The highest BCUT2D eigenvalue weighted by atomic mass is 19.4. The number of benzene rings is 2. The Balaban J connectivity index is 1.55. The van der Waals surface area contributed by atoms with Gasteiger partial charge in [0.05, 0.1) is 0 Å². The maximum atomic E-state index is 12.6. The van der Waals surface area contributed by atoms with Gasteiger partial charge >= 0.3 is 6.36 Å². The van der Waals surface area contributed by atoms with Crippen molar-refractivity contribution >= 4 is 23.5 Å². The molecule has 0 unspecified atom stereocenters. The summed E-state index contributed by atoms with van der Waals surface area (Å²) in [7, 11) is 0. The minimum Gasteiger partial charge on any atom is -0.406 e. The number of anilines is 2. The number of amides is 1. The zero-order chi connectivity index (χ0) is 22.0. The molecule has 1 aromatic heterocycles. The van der Waals surface area contributed by atoms with Crippen molar-refractivity contribution in [2.45, 2.75) is 12.9 Å². The van der Waals surface area contributed by atoms with Crippen molar-refractivity contribution in [3.63, 3.8) is 0 Å². The lowest BCUT2D eigenvalue weighted by Gasteiger charge is -2.27. The lowest BCUT2D eigenvalue weighted by molar-refractivity contribution is -0.274. The quantitative estimate of drug-likeness (QED) is 0.566. The number of H-pyrrole nitrogens is 1. The van der Waals surface area contributed by atoms with Crippen LogP contribution in [-0.2, 0) is 6.54 Å². The molecule has 0 fully saturated rings. The molecule has 2 N–H and O–H groups in total. The molecule has 8 heteroatoms. The minimum atomic E-state index is -4.76. The molecular formula is C23H18F3N3O2. The largest absolute Gasteiger partial charge is 0.573 e. The van der Waals surface area contributed by atoms with E-state index in [0.29, 0.717) is 29.4 Å². The molecule has 2 aromatic carbocycles. The van der Waals surface area contributed by atoms with E-state index in [0.717, 1.165) is 11.1 Å². The number of aromatic nitrogens is 1. The highest BCUT2D eigenvalue weighted by molar-refractivity contribution is 5.96. The van der Waals surface area contributed by atoms with E-state index in [2.05, 4.69) is 21.6 Å². The van der Waals surface area contributed by atoms with Crippen molar-refractivity contribution in [1.82, 2.24) is 10.3 Å². The van der Waals surface area contributed by atoms with E-state index in [-0.39, 0.29) is 11.7 Å². The lowest BCUT2D eigenvalue weighted by Crippen LogP contribution is -2.23. The molecule has 1 amide bonds. The molecule has 4 rings (SSSR count). The molecule has 2 heterocycles. The predicted molar refractivity (Wildman–Crippen MR) is 112 cm³/mol. The molecule has 1 aliphatic heterocycles. The molecular weight excluding hydrogens is 407 g/mol. The maximum absolute atomic E-state index is 12.6. The number of hydrogen-bond donors (Lipinski definition) is 2. The van der Waals surface area contributed by atoms with Crippen molar-refractivity contribution in [2.24, 2.45) is 0 Å². The number of fused-ring (bicyclic) bond motifs is 1. The third kappa shape index (κ3) is 4.63. The number of ether oxygens (including phenoxy) is 1. The Hall–Kier alpha value is -3.94. The molecule has 1 aliphatic rings. The van der Waals surface area contributed by atoms with Gasteiger partial charge in [-0.3, -0.25) is 9.69 Å². The van der Waals surface area contributed by atoms with Crippen molar-refractivity contribution in [2.75, 3.05) is 4.90 Å². The zero-order valence-electron chi connectivity index (χ0n) is 16.2. The molecule has 0 radical (unpaired) electrons. The molecule has 0 bridgehead atoms. The van der Waals surface area contributed by atoms with Crippen LogP contribution in [0.15, 0.2) is 79.0 Å². The fourth-order valence-corrected chi connectivity index (χ4v) is 3.26. The molecule has 158 valence electrons. The Labute approximate surface area is 176 Å². The summed E-state index contributed by atoms with van der Waals surface area (Å²) in [5.74, 6) is 0.00935. The standard InChI is InChI=1S/C23H18F3N3O2/c1-15-7-8-17-13-20(22(30)27-14-16-5-3-2-4-6-16)28-21(17)29(15)18-9-11-19(12-10-18)31-23(24,25)26/h2-13,28H,1,14H2,(H,27,30). The van der Waals surface area contributed by atoms with Gasteiger partial charge in [-0.15, -0.1) is 13.2 Å². The second-order valence-corrected chi connectivity index (χ2v) is 6.86. The summed E-state index contributed by atoms with van der Waals surface area (Å²) in [6.45, 7) is 4.38. The molecule has 0 spiro atoms. The first-order chi connectivity index (χ1) is 14.8. The lowest BCUT2D eigenvalue weighted by atomic mass is 10.1. The number of allylic oxidation sites excluding steroid dienone is 1. The average molecular weight is 425 g/mol. The predicted octanol–water partition coefficient (Wildman–Crippen LogP) is 5.52. The van der Waals surface area contributed by atoms with E-state index in [1.54, 1.807) is 17.0 Å². The highest BCUT2D eigenvalue weighted by Gasteiger charge is 2.31. The summed E-state index contributed by atoms with van der Waals surface area (Å²) in [5, 5.41) is 2.86. The number of hydrogen-bond acceptors (Lipinski definition) is 3. The Morgan fingerprint density at radius 3 is 2.45 bits per heavy atom. The Bertz CT molecular complexity index is 1130. The van der Waals surface area contributed by atoms with Gasteiger partial charge in [-0.1, -0.05) is 36.9 Å². The van der Waals surface area contributed by atoms with E-state index < -0.39 is 6.36 Å². The van der Waals surface area contributed by atoms with Crippen LogP contribution in [0.1, 0.15) is 21.6 Å². The molecule has 0 saturated heterocycles. The molecule has 5 nitrogen and oxygen atoms in total. The number of rotatable bonds is 5. The first kappa shape index (κ1) is 20.3. The summed E-state index contributed by atoms with van der Waals surface area (Å²) < 4.78 is 41.1. The van der Waals surface area contributed by atoms with Crippen LogP contribution in [0, 0.1) is 0 Å². The minimum absolute atomic E-state index is 0.272. The van der Waals surface area contributed by atoms with Gasteiger partial charge in [-0.05, 0) is 48.0 Å². The Kier molecular flexibility index (Phi) is 5.29. The summed E-state index contributed by atoms with van der Waals surface area (Å²) in [4.78, 5) is 17.4. The Morgan fingerprint density at radius 1 is 1.06 bits per heavy atom. The van der Waals surface area contributed by atoms with Crippen LogP contribution >= 0.6 is 0 Å². The van der Waals surface area contributed by atoms with E-state index in [1.807, 2.05) is 36.4 Å². The van der Waals surface area contributed by atoms with Gasteiger partial charge in [0.2, 0.25) is 0 Å². The first-order valence-electron chi connectivity index (χ1n) is 9.38. The SMILES string of the molecule is C=C1C=Cc2cc(C(=O)NCc3ccccc3)[nH]c2N1c1ccc(OC(F)(F)F)cc1. The number of alkyl halides is 3. The summed E-state index contributed by atoms with van der Waals surface area (Å²) in [6, 6.07) is 16.7. The molecule has 31 heavy (non-hydrogen) atoms. The number of carbonyl (C=O) groups is 1. The van der Waals surface area contributed by atoms with Gasteiger partial charge in [0.1, 0.15) is 17.3 Å². The van der Waals surface area contributed by atoms with Crippen LogP contribution in [-0.4, -0.2) is 17.3 Å². The maximum Gasteiger partial charge on any atom is 0.573 e. The van der Waals surface area contributed by atoms with Crippen molar-refractivity contribution in [3.8, 4) is 5.75 Å². The van der Waals surface area contributed by atoms with Crippen LogP contribution in [0.3, 0.4) is 0 Å². The third-order valence-electron chi connectivity index (χ3n) is 4.66. The van der Waals surface area contributed by atoms with Gasteiger partial charge in [0.25, 0.3) is 5.91 Å². The third-order valence-corrected chi connectivity index (χ3v) is 4.66. The van der Waals surface area contributed by atoms with Gasteiger partial charge < -0.3 is 15.0 Å². The number of nitrogens with zero attached hydrogens (tertiary/aromatic N) is 1. The van der Waals surface area contributed by atoms with Crippen LogP contribution in [0.5, 0.6) is 5.75 Å². The number of halogens is 3. The molecule has 3 aromatic rings. The second kappa shape index (κ2) is 8.06.